The van der Waals surface area contributed by atoms with E-state index in [-0.39, 0.29) is 29.0 Å². The Morgan fingerprint density at radius 3 is 2.75 bits per heavy atom. The van der Waals surface area contributed by atoms with Crippen molar-refractivity contribution in [3.63, 3.8) is 0 Å². The monoisotopic (exact) mass is 436 g/mol. The van der Waals surface area contributed by atoms with Crippen LogP contribution in [0.2, 0.25) is 5.02 Å². The zero-order valence-corrected chi connectivity index (χ0v) is 16.7. The Hall–Kier alpha value is -2.49. The molecule has 0 radical (unpaired) electrons. The van der Waals surface area contributed by atoms with Gasteiger partial charge in [0.2, 0.25) is 10.9 Å². The van der Waals surface area contributed by atoms with Gasteiger partial charge in [0.05, 0.1) is 5.75 Å². The predicted octanol–water partition coefficient (Wildman–Crippen LogP) is 3.99. The molecule has 0 atom stereocenters. The SMILES string of the molecule is O=C(CSc1nnc(C(=O)Nc2cccc(Cl)c2)s1)NCc1cccc(F)c1. The Morgan fingerprint density at radius 2 is 1.96 bits per heavy atom. The van der Waals surface area contributed by atoms with Crippen LogP contribution in [-0.4, -0.2) is 27.8 Å². The van der Waals surface area contributed by atoms with Crippen LogP contribution < -0.4 is 10.6 Å². The summed E-state index contributed by atoms with van der Waals surface area (Å²) in [5, 5.41) is 13.8. The average molecular weight is 437 g/mol. The number of hydrogen-bond donors (Lipinski definition) is 2. The van der Waals surface area contributed by atoms with Crippen LogP contribution in [-0.2, 0) is 11.3 Å². The summed E-state index contributed by atoms with van der Waals surface area (Å²) in [6.45, 7) is 0.237. The molecule has 1 aromatic heterocycles. The van der Waals surface area contributed by atoms with Gasteiger partial charge >= 0.3 is 0 Å². The summed E-state index contributed by atoms with van der Waals surface area (Å²) < 4.78 is 13.6. The number of hydrogen-bond acceptors (Lipinski definition) is 6. The number of nitrogens with zero attached hydrogens (tertiary/aromatic N) is 2. The first-order valence-corrected chi connectivity index (χ1v) is 10.2. The van der Waals surface area contributed by atoms with E-state index >= 15 is 0 Å². The zero-order valence-electron chi connectivity index (χ0n) is 14.3. The molecule has 0 saturated carbocycles. The highest BCUT2D eigenvalue weighted by atomic mass is 35.5. The van der Waals surface area contributed by atoms with Gasteiger partial charge in [0, 0.05) is 17.3 Å². The van der Waals surface area contributed by atoms with E-state index in [1.165, 1.54) is 23.9 Å². The summed E-state index contributed by atoms with van der Waals surface area (Å²) in [6, 6.07) is 12.8. The summed E-state index contributed by atoms with van der Waals surface area (Å²) in [7, 11) is 0. The molecule has 2 aromatic carbocycles. The maximum Gasteiger partial charge on any atom is 0.286 e. The highest BCUT2D eigenvalue weighted by molar-refractivity contribution is 8.01. The highest BCUT2D eigenvalue weighted by Crippen LogP contribution is 2.23. The summed E-state index contributed by atoms with van der Waals surface area (Å²) in [5.74, 6) is -0.866. The second-order valence-corrected chi connectivity index (χ2v) is 8.17. The summed E-state index contributed by atoms with van der Waals surface area (Å²) in [5.41, 5.74) is 1.23. The smallest absolute Gasteiger partial charge is 0.286 e. The van der Waals surface area contributed by atoms with Crippen molar-refractivity contribution in [3.05, 3.63) is 69.9 Å². The summed E-state index contributed by atoms with van der Waals surface area (Å²) in [6.07, 6.45) is 0. The molecule has 3 aromatic rings. The first-order chi connectivity index (χ1) is 13.5. The quantitative estimate of drug-likeness (QED) is 0.547. The summed E-state index contributed by atoms with van der Waals surface area (Å²) >= 11 is 8.15. The van der Waals surface area contributed by atoms with Crippen molar-refractivity contribution in [3.8, 4) is 0 Å². The van der Waals surface area contributed by atoms with Crippen LogP contribution in [0.3, 0.4) is 0 Å². The number of carbonyl (C=O) groups is 2. The van der Waals surface area contributed by atoms with Gasteiger partial charge in [-0.25, -0.2) is 4.39 Å². The number of thioether (sulfide) groups is 1. The molecule has 0 fully saturated rings. The van der Waals surface area contributed by atoms with Gasteiger partial charge in [-0.3, -0.25) is 9.59 Å². The molecule has 28 heavy (non-hydrogen) atoms. The number of nitrogens with one attached hydrogen (secondary N) is 2. The van der Waals surface area contributed by atoms with E-state index in [0.29, 0.717) is 20.6 Å². The third kappa shape index (κ3) is 6.01. The first-order valence-electron chi connectivity index (χ1n) is 8.04. The van der Waals surface area contributed by atoms with Crippen molar-refractivity contribution in [2.45, 2.75) is 10.9 Å². The normalized spacial score (nSPS) is 10.5. The minimum Gasteiger partial charge on any atom is -0.351 e. The van der Waals surface area contributed by atoms with Crippen LogP contribution >= 0.6 is 34.7 Å². The molecule has 0 spiro atoms. The lowest BCUT2D eigenvalue weighted by Gasteiger charge is -2.04. The molecule has 3 rings (SSSR count). The van der Waals surface area contributed by atoms with Gasteiger partial charge in [0.15, 0.2) is 4.34 Å². The van der Waals surface area contributed by atoms with Crippen LogP contribution in [0.4, 0.5) is 10.1 Å². The summed E-state index contributed by atoms with van der Waals surface area (Å²) in [4.78, 5) is 24.1. The van der Waals surface area contributed by atoms with Gasteiger partial charge < -0.3 is 10.6 Å². The third-order valence-electron chi connectivity index (χ3n) is 3.39. The van der Waals surface area contributed by atoms with Gasteiger partial charge in [-0.2, -0.15) is 0 Å². The van der Waals surface area contributed by atoms with Gasteiger partial charge in [0.25, 0.3) is 5.91 Å². The topological polar surface area (TPSA) is 84.0 Å². The number of aromatic nitrogens is 2. The van der Waals surface area contributed by atoms with E-state index in [2.05, 4.69) is 20.8 Å². The molecule has 0 aliphatic heterocycles. The van der Waals surface area contributed by atoms with E-state index in [1.807, 2.05) is 0 Å². The van der Waals surface area contributed by atoms with E-state index in [1.54, 1.807) is 36.4 Å². The maximum atomic E-state index is 13.1. The van der Waals surface area contributed by atoms with Gasteiger partial charge in [-0.1, -0.05) is 52.9 Å². The Balaban J connectivity index is 1.47. The molecule has 144 valence electrons. The maximum absolute atomic E-state index is 13.1. The fourth-order valence-electron chi connectivity index (χ4n) is 2.14. The Morgan fingerprint density at radius 1 is 1.14 bits per heavy atom. The Kier molecular flexibility index (Phi) is 6.96. The lowest BCUT2D eigenvalue weighted by atomic mass is 10.2. The van der Waals surface area contributed by atoms with Crippen LogP contribution in [0.1, 0.15) is 15.4 Å². The van der Waals surface area contributed by atoms with Crippen LogP contribution in [0.15, 0.2) is 52.9 Å². The molecule has 0 bridgehead atoms. The number of rotatable bonds is 7. The van der Waals surface area contributed by atoms with E-state index in [0.717, 1.165) is 11.3 Å². The molecule has 0 aliphatic carbocycles. The Bertz CT molecular complexity index is 999. The van der Waals surface area contributed by atoms with Gasteiger partial charge in [-0.05, 0) is 35.9 Å². The second kappa shape index (κ2) is 9.63. The van der Waals surface area contributed by atoms with Gasteiger partial charge in [0.1, 0.15) is 5.82 Å². The van der Waals surface area contributed by atoms with Crippen molar-refractivity contribution >= 4 is 52.2 Å². The fraction of sp³-hybridized carbons (Fsp3) is 0.111. The van der Waals surface area contributed by atoms with Crippen molar-refractivity contribution in [1.82, 2.24) is 15.5 Å². The number of halogens is 2. The van der Waals surface area contributed by atoms with E-state index < -0.39 is 5.91 Å². The van der Waals surface area contributed by atoms with Crippen LogP contribution in [0.5, 0.6) is 0 Å². The molecule has 0 saturated heterocycles. The Labute approximate surface area is 173 Å². The molecule has 2 amide bonds. The predicted molar refractivity (Wildman–Crippen MR) is 108 cm³/mol. The molecule has 6 nitrogen and oxygen atoms in total. The molecule has 2 N–H and O–H groups in total. The highest BCUT2D eigenvalue weighted by Gasteiger charge is 2.14. The minimum absolute atomic E-state index is 0.111. The molecular weight excluding hydrogens is 423 g/mol. The lowest BCUT2D eigenvalue weighted by Crippen LogP contribution is -2.24. The number of benzene rings is 2. The first kappa shape index (κ1) is 20.2. The molecule has 0 aliphatic rings. The van der Waals surface area contributed by atoms with Crippen molar-refractivity contribution in [1.29, 1.82) is 0 Å². The third-order valence-corrected chi connectivity index (χ3v) is 5.68. The molecule has 10 heteroatoms. The van der Waals surface area contributed by atoms with E-state index in [4.69, 9.17) is 11.6 Å². The zero-order chi connectivity index (χ0) is 19.9. The fourth-order valence-corrected chi connectivity index (χ4v) is 3.90. The van der Waals surface area contributed by atoms with Gasteiger partial charge in [-0.15, -0.1) is 10.2 Å². The largest absolute Gasteiger partial charge is 0.351 e. The lowest BCUT2D eigenvalue weighted by molar-refractivity contribution is -0.118. The number of carbonyl (C=O) groups excluding carboxylic acids is 2. The second-order valence-electron chi connectivity index (χ2n) is 5.53. The standard InChI is InChI=1S/C18H14ClFN4O2S2/c19-12-4-2-6-14(8-12)22-16(26)17-23-24-18(28-17)27-10-15(25)21-9-11-3-1-5-13(20)7-11/h1-8H,9-10H2,(H,21,25)(H,22,26). The molecule has 1 heterocycles. The van der Waals surface area contributed by atoms with E-state index in [9.17, 15) is 14.0 Å². The molecule has 0 unspecified atom stereocenters. The van der Waals surface area contributed by atoms with Crippen molar-refractivity contribution in [2.24, 2.45) is 0 Å². The van der Waals surface area contributed by atoms with Crippen molar-refractivity contribution in [2.75, 3.05) is 11.1 Å². The average Bonchev–Trinajstić information content (AvgIpc) is 3.14. The number of anilines is 1. The van der Waals surface area contributed by atoms with Crippen LogP contribution in [0, 0.1) is 5.82 Å². The van der Waals surface area contributed by atoms with Crippen molar-refractivity contribution < 1.29 is 14.0 Å². The molecular formula is C18H14ClFN4O2S2. The van der Waals surface area contributed by atoms with Crippen LogP contribution in [0.25, 0.3) is 0 Å². The number of amides is 2. The minimum atomic E-state index is -0.401.